The first-order valence-electron chi connectivity index (χ1n) is 2.88. The van der Waals surface area contributed by atoms with Crippen molar-refractivity contribution in [2.24, 2.45) is 0 Å². The van der Waals surface area contributed by atoms with E-state index in [2.05, 4.69) is 10.3 Å². The van der Waals surface area contributed by atoms with E-state index in [9.17, 15) is 0 Å². The molecule has 0 saturated heterocycles. The van der Waals surface area contributed by atoms with Crippen LogP contribution in [0, 0.1) is 0 Å². The van der Waals surface area contributed by atoms with Crippen LogP contribution in [-0.4, -0.2) is 12.0 Å². The molecule has 1 aromatic heterocycles. The minimum Gasteiger partial charge on any atom is -0.394 e. The number of nitrogens with zero attached hydrogens (tertiary/aromatic N) is 1. The second-order valence-electron chi connectivity index (χ2n) is 1.72. The van der Waals surface area contributed by atoms with Crippen molar-refractivity contribution < 1.29 is 0 Å². The molecule has 0 atom stereocenters. The van der Waals surface area contributed by atoms with Crippen LogP contribution in [0.1, 0.15) is 4.88 Å². The highest BCUT2D eigenvalue weighted by atomic mass is 32.1. The summed E-state index contributed by atoms with van der Waals surface area (Å²) in [6.45, 7) is 0. The Bertz CT molecular complexity index is 229. The maximum Gasteiger partial charge on any atom is 0.180 e. The van der Waals surface area contributed by atoms with Crippen molar-refractivity contribution in [3.05, 3.63) is 17.3 Å². The minimum atomic E-state index is 0.607. The van der Waals surface area contributed by atoms with Crippen molar-refractivity contribution in [2.45, 2.75) is 0 Å². The lowest BCUT2D eigenvalue weighted by Gasteiger charge is -1.82. The van der Waals surface area contributed by atoms with Crippen LogP contribution in [-0.2, 0) is 0 Å². The van der Waals surface area contributed by atoms with Gasteiger partial charge >= 0.3 is 0 Å². The summed E-state index contributed by atoms with van der Waals surface area (Å²) in [6.07, 6.45) is 5.51. The number of thiazole rings is 1. The quantitative estimate of drug-likeness (QED) is 0.667. The molecule has 4 heteroatoms. The molecule has 1 heterocycles. The highest BCUT2D eigenvalue weighted by Crippen LogP contribution is 2.14. The van der Waals surface area contributed by atoms with Gasteiger partial charge in [-0.2, -0.15) is 0 Å². The predicted octanol–water partition coefficient (Wildman–Crippen LogP) is 0.915. The van der Waals surface area contributed by atoms with Crippen molar-refractivity contribution in [2.75, 3.05) is 12.8 Å². The summed E-state index contributed by atoms with van der Waals surface area (Å²) < 4.78 is 0. The Morgan fingerprint density at radius 3 is 3.10 bits per heavy atom. The fraction of sp³-hybridized carbons (Fsp3) is 0.167. The first-order chi connectivity index (χ1) is 4.83. The largest absolute Gasteiger partial charge is 0.394 e. The van der Waals surface area contributed by atoms with Crippen LogP contribution in [0.4, 0.5) is 5.13 Å². The third kappa shape index (κ3) is 1.73. The molecule has 1 aromatic rings. The average molecular weight is 155 g/mol. The molecular weight excluding hydrogens is 146 g/mol. The van der Waals surface area contributed by atoms with E-state index in [1.807, 2.05) is 19.3 Å². The smallest absolute Gasteiger partial charge is 0.180 e. The molecule has 3 nitrogen and oxygen atoms in total. The Morgan fingerprint density at radius 1 is 1.80 bits per heavy atom. The molecule has 0 radical (unpaired) electrons. The van der Waals surface area contributed by atoms with Gasteiger partial charge in [-0.3, -0.25) is 0 Å². The normalized spacial score (nSPS) is 10.5. The summed E-state index contributed by atoms with van der Waals surface area (Å²) in [6, 6.07) is 0. The lowest BCUT2D eigenvalue weighted by atomic mass is 10.5. The van der Waals surface area contributed by atoms with Crippen molar-refractivity contribution in [3.8, 4) is 0 Å². The molecule has 0 aromatic carbocycles. The highest BCUT2D eigenvalue weighted by Gasteiger charge is 1.90. The first kappa shape index (κ1) is 7.08. The van der Waals surface area contributed by atoms with E-state index in [1.54, 1.807) is 6.20 Å². The summed E-state index contributed by atoms with van der Waals surface area (Å²) in [5.41, 5.74) is 5.40. The van der Waals surface area contributed by atoms with E-state index >= 15 is 0 Å². The average Bonchev–Trinajstić information content (AvgIpc) is 2.31. The molecule has 0 spiro atoms. The van der Waals surface area contributed by atoms with Crippen LogP contribution < -0.4 is 11.1 Å². The predicted molar refractivity (Wildman–Crippen MR) is 44.6 cm³/mol. The Hall–Kier alpha value is -1.03. The molecule has 10 heavy (non-hydrogen) atoms. The third-order valence-corrected chi connectivity index (χ3v) is 1.75. The molecule has 0 fully saturated rings. The molecular formula is C6H9N3S. The Kier molecular flexibility index (Phi) is 2.28. The molecule has 54 valence electrons. The molecule has 3 N–H and O–H groups in total. The van der Waals surface area contributed by atoms with Crippen LogP contribution in [0.5, 0.6) is 0 Å². The molecule has 0 unspecified atom stereocenters. The zero-order valence-electron chi connectivity index (χ0n) is 5.66. The van der Waals surface area contributed by atoms with Crippen molar-refractivity contribution in [1.29, 1.82) is 0 Å². The standard InChI is InChI=1S/C6H9N3S/c1-8-3-2-5-4-9-6(7)10-5/h2-4,8H,1H3,(H2,7,9). The van der Waals surface area contributed by atoms with E-state index in [0.717, 1.165) is 4.88 Å². The van der Waals surface area contributed by atoms with Crippen molar-refractivity contribution in [1.82, 2.24) is 10.3 Å². The van der Waals surface area contributed by atoms with E-state index < -0.39 is 0 Å². The summed E-state index contributed by atoms with van der Waals surface area (Å²) in [5, 5.41) is 3.49. The van der Waals surface area contributed by atoms with E-state index in [0.29, 0.717) is 5.13 Å². The van der Waals surface area contributed by atoms with Crippen LogP contribution >= 0.6 is 11.3 Å². The second kappa shape index (κ2) is 3.22. The van der Waals surface area contributed by atoms with E-state index in [-0.39, 0.29) is 0 Å². The Balaban J connectivity index is 2.67. The van der Waals surface area contributed by atoms with Gasteiger partial charge in [0, 0.05) is 13.2 Å². The number of anilines is 1. The number of nitrogens with one attached hydrogen (secondary N) is 1. The molecule has 0 aliphatic heterocycles. The van der Waals surface area contributed by atoms with Crippen LogP contribution in [0.2, 0.25) is 0 Å². The van der Waals surface area contributed by atoms with Gasteiger partial charge in [0.05, 0.1) is 4.88 Å². The number of rotatable bonds is 2. The molecule has 0 amide bonds. The Labute approximate surface area is 63.6 Å². The van der Waals surface area contributed by atoms with Gasteiger partial charge in [-0.05, 0) is 12.3 Å². The SMILES string of the molecule is CNC=Cc1cnc(N)s1. The highest BCUT2D eigenvalue weighted by molar-refractivity contribution is 7.16. The van der Waals surface area contributed by atoms with Gasteiger partial charge in [-0.1, -0.05) is 11.3 Å². The fourth-order valence-corrected chi connectivity index (χ4v) is 1.13. The Morgan fingerprint density at radius 2 is 2.60 bits per heavy atom. The van der Waals surface area contributed by atoms with Crippen LogP contribution in [0.3, 0.4) is 0 Å². The fourth-order valence-electron chi connectivity index (χ4n) is 0.543. The van der Waals surface area contributed by atoms with Gasteiger partial charge in [0.2, 0.25) is 0 Å². The lowest BCUT2D eigenvalue weighted by molar-refractivity contribution is 1.11. The number of hydrogen-bond donors (Lipinski definition) is 2. The van der Waals surface area contributed by atoms with Gasteiger partial charge in [0.1, 0.15) is 0 Å². The maximum absolute atomic E-state index is 5.40. The maximum atomic E-state index is 5.40. The first-order valence-corrected chi connectivity index (χ1v) is 3.69. The molecule has 1 rings (SSSR count). The number of nitrogen functional groups attached to an aromatic ring is 1. The third-order valence-electron chi connectivity index (χ3n) is 0.956. The molecule has 0 bridgehead atoms. The van der Waals surface area contributed by atoms with Crippen molar-refractivity contribution in [3.63, 3.8) is 0 Å². The summed E-state index contributed by atoms with van der Waals surface area (Å²) in [4.78, 5) is 4.95. The summed E-state index contributed by atoms with van der Waals surface area (Å²) in [7, 11) is 1.85. The topological polar surface area (TPSA) is 50.9 Å². The van der Waals surface area contributed by atoms with Gasteiger partial charge in [-0.25, -0.2) is 4.98 Å². The van der Waals surface area contributed by atoms with Gasteiger partial charge in [0.15, 0.2) is 5.13 Å². The minimum absolute atomic E-state index is 0.607. The summed E-state index contributed by atoms with van der Waals surface area (Å²) >= 11 is 1.47. The molecule has 0 aliphatic rings. The van der Waals surface area contributed by atoms with E-state index in [4.69, 9.17) is 5.73 Å². The van der Waals surface area contributed by atoms with Crippen LogP contribution in [0.15, 0.2) is 12.4 Å². The monoisotopic (exact) mass is 155 g/mol. The van der Waals surface area contributed by atoms with Gasteiger partial charge in [0.25, 0.3) is 0 Å². The summed E-state index contributed by atoms with van der Waals surface area (Å²) in [5.74, 6) is 0. The lowest BCUT2D eigenvalue weighted by Crippen LogP contribution is -1.89. The number of aromatic nitrogens is 1. The van der Waals surface area contributed by atoms with Gasteiger partial charge < -0.3 is 11.1 Å². The zero-order valence-corrected chi connectivity index (χ0v) is 6.48. The van der Waals surface area contributed by atoms with Crippen LogP contribution in [0.25, 0.3) is 6.08 Å². The zero-order chi connectivity index (χ0) is 7.40. The number of hydrogen-bond acceptors (Lipinski definition) is 4. The molecule has 0 saturated carbocycles. The number of nitrogens with two attached hydrogens (primary N) is 1. The molecule has 0 aliphatic carbocycles. The second-order valence-corrected chi connectivity index (χ2v) is 2.82. The van der Waals surface area contributed by atoms with Gasteiger partial charge in [-0.15, -0.1) is 0 Å². The van der Waals surface area contributed by atoms with E-state index in [1.165, 1.54) is 11.3 Å². The van der Waals surface area contributed by atoms with Crippen molar-refractivity contribution >= 4 is 22.5 Å².